The topological polar surface area (TPSA) is 38.7 Å². The van der Waals surface area contributed by atoms with Crippen molar-refractivity contribution in [1.29, 1.82) is 0 Å². The van der Waals surface area contributed by atoms with Crippen molar-refractivity contribution in [3.63, 3.8) is 0 Å². The van der Waals surface area contributed by atoms with Crippen LogP contribution in [0.25, 0.3) is 133 Å². The molecule has 3 nitrogen and oxygen atoms in total. The molecular formula is C57H35N3. The molecule has 60 heavy (non-hydrogen) atoms. The molecule has 11 aromatic carbocycles. The molecule has 12 rings (SSSR count). The highest BCUT2D eigenvalue weighted by Crippen LogP contribution is 2.39. The van der Waals surface area contributed by atoms with Crippen LogP contribution in [-0.4, -0.2) is 15.0 Å². The minimum atomic E-state index is 0.604. The summed E-state index contributed by atoms with van der Waals surface area (Å²) in [5.41, 5.74) is 2.76. The Hall–Kier alpha value is -8.01. The molecule has 1 aromatic heterocycles. The summed E-state index contributed by atoms with van der Waals surface area (Å²) in [6.45, 7) is 8.59. The van der Waals surface area contributed by atoms with Crippen molar-refractivity contribution < 1.29 is 0 Å². The lowest BCUT2D eigenvalue weighted by atomic mass is 9.93. The smallest absolute Gasteiger partial charge is 0.164 e. The van der Waals surface area contributed by atoms with E-state index in [2.05, 4.69) is 195 Å². The van der Waals surface area contributed by atoms with Crippen LogP contribution >= 0.6 is 0 Å². The van der Waals surface area contributed by atoms with Gasteiger partial charge in [0.15, 0.2) is 17.5 Å². The molecule has 0 atom stereocenters. The maximum atomic E-state index is 5.31. The molecule has 1 heterocycles. The van der Waals surface area contributed by atoms with Gasteiger partial charge in [-0.25, -0.2) is 15.0 Å². The van der Waals surface area contributed by atoms with E-state index in [0.29, 0.717) is 17.5 Å². The molecule has 3 heteroatoms. The molecule has 0 saturated heterocycles. The lowest BCUT2D eigenvalue weighted by molar-refractivity contribution is 1.08. The van der Waals surface area contributed by atoms with Gasteiger partial charge in [0.25, 0.3) is 0 Å². The van der Waals surface area contributed by atoms with E-state index in [1.54, 1.807) is 0 Å². The van der Waals surface area contributed by atoms with Crippen LogP contribution in [0, 0.1) is 0 Å². The monoisotopic (exact) mass is 761 g/mol. The Balaban J connectivity index is 1.14. The molecule has 0 saturated carbocycles. The van der Waals surface area contributed by atoms with E-state index in [9.17, 15) is 0 Å². The third-order valence-corrected chi connectivity index (χ3v) is 12.4. The molecule has 0 bridgehead atoms. The van der Waals surface area contributed by atoms with Crippen molar-refractivity contribution >= 4 is 98.8 Å². The van der Waals surface area contributed by atoms with Gasteiger partial charge < -0.3 is 0 Å². The van der Waals surface area contributed by atoms with Crippen LogP contribution in [0.5, 0.6) is 0 Å². The highest BCUT2D eigenvalue weighted by Gasteiger charge is 2.17. The zero-order chi connectivity index (χ0) is 39.9. The van der Waals surface area contributed by atoms with Crippen LogP contribution in [0.2, 0.25) is 0 Å². The molecule has 278 valence electrons. The van der Waals surface area contributed by atoms with E-state index in [1.165, 1.54) is 64.6 Å². The number of nitrogens with zero attached hydrogens (tertiary/aromatic N) is 3. The first-order chi connectivity index (χ1) is 29.6. The number of rotatable bonds is 4. The Bertz CT molecular complexity index is 3690. The number of benzene rings is 11. The number of allylic oxidation sites excluding steroid dienone is 1. The van der Waals surface area contributed by atoms with Crippen molar-refractivity contribution in [3.8, 4) is 34.2 Å². The highest BCUT2D eigenvalue weighted by atomic mass is 15.0. The van der Waals surface area contributed by atoms with Crippen LogP contribution in [-0.2, 0) is 0 Å². The number of hydrogen-bond donors (Lipinski definition) is 0. The number of hydrogen-bond acceptors (Lipinski definition) is 3. The Morgan fingerprint density at radius 3 is 0.917 bits per heavy atom. The van der Waals surface area contributed by atoms with Crippen LogP contribution < -0.4 is 10.4 Å². The normalized spacial score (nSPS) is 12.2. The fourth-order valence-corrected chi connectivity index (χ4v) is 9.59. The third kappa shape index (κ3) is 5.13. The molecule has 0 N–H and O–H groups in total. The third-order valence-electron chi connectivity index (χ3n) is 12.4. The summed E-state index contributed by atoms with van der Waals surface area (Å²) >= 11 is 0. The summed E-state index contributed by atoms with van der Waals surface area (Å²) in [5.74, 6) is 1.84. The summed E-state index contributed by atoms with van der Waals surface area (Å²) in [4.78, 5) is 15.9. The molecule has 0 unspecified atom stereocenters. The summed E-state index contributed by atoms with van der Waals surface area (Å²) in [5, 5.41) is 21.1. The first-order valence-corrected chi connectivity index (χ1v) is 20.3. The van der Waals surface area contributed by atoms with E-state index >= 15 is 0 Å². The van der Waals surface area contributed by atoms with Crippen LogP contribution in [0.1, 0.15) is 0 Å². The fraction of sp³-hybridized carbons (Fsp3) is 0. The minimum absolute atomic E-state index is 0.604. The van der Waals surface area contributed by atoms with Crippen LogP contribution in [0.15, 0.2) is 189 Å². The minimum Gasteiger partial charge on any atom is -0.208 e. The molecule has 0 amide bonds. The Labute approximate surface area is 345 Å². The maximum Gasteiger partial charge on any atom is 0.164 e. The lowest BCUT2D eigenvalue weighted by Gasteiger charge is -2.14. The van der Waals surface area contributed by atoms with Gasteiger partial charge in [-0.3, -0.25) is 0 Å². The summed E-state index contributed by atoms with van der Waals surface area (Å²) in [7, 11) is 0. The first kappa shape index (κ1) is 34.1. The summed E-state index contributed by atoms with van der Waals surface area (Å²) in [6.07, 6.45) is 3.89. The second-order valence-electron chi connectivity index (χ2n) is 15.6. The van der Waals surface area contributed by atoms with Gasteiger partial charge >= 0.3 is 0 Å². The van der Waals surface area contributed by atoms with Crippen molar-refractivity contribution in [2.45, 2.75) is 0 Å². The van der Waals surface area contributed by atoms with E-state index in [-0.39, 0.29) is 0 Å². The van der Waals surface area contributed by atoms with Gasteiger partial charge in [-0.05, 0) is 115 Å². The van der Waals surface area contributed by atoms with E-state index in [1.807, 2.05) is 6.08 Å². The van der Waals surface area contributed by atoms with E-state index in [4.69, 9.17) is 15.0 Å². The van der Waals surface area contributed by atoms with Gasteiger partial charge in [0.05, 0.1) is 0 Å². The van der Waals surface area contributed by atoms with Crippen LogP contribution in [0.4, 0.5) is 0 Å². The maximum absolute atomic E-state index is 5.31. The Kier molecular flexibility index (Phi) is 7.53. The first-order valence-electron chi connectivity index (χ1n) is 20.3. The molecule has 0 aliphatic heterocycles. The van der Waals surface area contributed by atoms with Gasteiger partial charge in [-0.15, -0.1) is 0 Å². The average Bonchev–Trinajstić information content (AvgIpc) is 3.32. The summed E-state index contributed by atoms with van der Waals surface area (Å²) in [6, 6.07) is 62.9. The van der Waals surface area contributed by atoms with E-state index in [0.717, 1.165) is 48.7 Å². The lowest BCUT2D eigenvalue weighted by Crippen LogP contribution is -2.24. The van der Waals surface area contributed by atoms with Gasteiger partial charge in [0.2, 0.25) is 0 Å². The second kappa shape index (κ2) is 13.3. The van der Waals surface area contributed by atoms with Gasteiger partial charge in [-0.2, -0.15) is 0 Å². The van der Waals surface area contributed by atoms with Crippen molar-refractivity contribution in [1.82, 2.24) is 15.0 Å². The standard InChI is InChI=1S/C57H35N3/c1-3-14-38-34(2)39-15-4-5-16-40(39)49-28-25-35(31-52(38)49)55-58-56(36-26-29-50-45-21-8-6-17-41(45)43-19-10-12-23-47(43)53(50)32-36)60-57(59-55)37-27-30-51-46-22-9-7-18-42(46)44-20-11-13-24-48(44)54(51)33-37/h3-33H,1-2H2/b38-14+. The van der Waals surface area contributed by atoms with Gasteiger partial charge in [0.1, 0.15) is 0 Å². The second-order valence-corrected chi connectivity index (χ2v) is 15.6. The Morgan fingerprint density at radius 1 is 0.300 bits per heavy atom. The number of aromatic nitrogens is 3. The summed E-state index contributed by atoms with van der Waals surface area (Å²) < 4.78 is 0. The molecule has 0 fully saturated rings. The molecule has 0 aliphatic carbocycles. The molecule has 0 spiro atoms. The fourth-order valence-electron chi connectivity index (χ4n) is 9.59. The Morgan fingerprint density at radius 2 is 0.567 bits per heavy atom. The van der Waals surface area contributed by atoms with E-state index < -0.39 is 0 Å². The quantitative estimate of drug-likeness (QED) is 0.168. The molecular weight excluding hydrogens is 727 g/mol. The highest BCUT2D eigenvalue weighted by molar-refractivity contribution is 6.27. The zero-order valence-corrected chi connectivity index (χ0v) is 32.7. The number of fused-ring (bicyclic) bond motifs is 15. The largest absolute Gasteiger partial charge is 0.208 e. The predicted molar refractivity (Wildman–Crippen MR) is 256 cm³/mol. The molecule has 0 aliphatic rings. The molecule has 12 aromatic rings. The van der Waals surface area contributed by atoms with Crippen molar-refractivity contribution in [2.24, 2.45) is 0 Å². The van der Waals surface area contributed by atoms with Gasteiger partial charge in [0, 0.05) is 16.7 Å². The predicted octanol–water partition coefficient (Wildman–Crippen LogP) is 13.5. The van der Waals surface area contributed by atoms with Crippen molar-refractivity contribution in [3.05, 3.63) is 199 Å². The van der Waals surface area contributed by atoms with Gasteiger partial charge in [-0.1, -0.05) is 183 Å². The zero-order valence-electron chi connectivity index (χ0n) is 32.7. The SMILES string of the molecule is C=C/C=c1\c(=C)c2ccccc2c2ccc(-c3nc(-c4ccc5c6ccccc6c6ccccc6c5c4)nc(-c4ccc5c6ccccc6c6ccccc6c5c4)n3)cc12. The van der Waals surface area contributed by atoms with Crippen LogP contribution in [0.3, 0.4) is 0 Å². The average molecular weight is 762 g/mol. The molecule has 0 radical (unpaired) electrons. The van der Waals surface area contributed by atoms with Crippen molar-refractivity contribution in [2.75, 3.05) is 0 Å².